The number of halogens is 2. The summed E-state index contributed by atoms with van der Waals surface area (Å²) in [5.41, 5.74) is 6.86. The molecule has 0 aliphatic heterocycles. The van der Waals surface area contributed by atoms with Gasteiger partial charge in [0.15, 0.2) is 0 Å². The Hall–Kier alpha value is -2.24. The zero-order valence-electron chi connectivity index (χ0n) is 12.3. The number of amides is 3. The van der Waals surface area contributed by atoms with Crippen LogP contribution in [0.5, 0.6) is 0 Å². The van der Waals surface area contributed by atoms with Gasteiger partial charge in [-0.2, -0.15) is 0 Å². The second-order valence-corrected chi connectivity index (χ2v) is 5.75. The minimum absolute atomic E-state index is 0.235. The smallest absolute Gasteiger partial charge is 0.316 e. The highest BCUT2D eigenvalue weighted by atomic mass is 35.5. The third kappa shape index (κ3) is 4.61. The molecule has 0 spiro atoms. The number of hydrogen-bond donors (Lipinski definition) is 3. The molecule has 3 amide bonds. The maximum absolute atomic E-state index is 12.2. The number of nitrogens with two attached hydrogens (primary N) is 1. The Kier molecular flexibility index (Phi) is 5.47. The lowest BCUT2D eigenvalue weighted by Gasteiger charge is -2.15. The molecule has 0 bridgehead atoms. The van der Waals surface area contributed by atoms with Crippen LogP contribution in [0.15, 0.2) is 42.5 Å². The Morgan fingerprint density at radius 3 is 2.26 bits per heavy atom. The maximum Gasteiger partial charge on any atom is 0.316 e. The normalized spacial score (nSPS) is 11.6. The van der Waals surface area contributed by atoms with Gasteiger partial charge in [-0.3, -0.25) is 4.79 Å². The van der Waals surface area contributed by atoms with Crippen molar-refractivity contribution in [3.63, 3.8) is 0 Å². The number of anilines is 1. The Bertz CT molecular complexity index is 733. The summed E-state index contributed by atoms with van der Waals surface area (Å²) in [6.07, 6.45) is 0. The lowest BCUT2D eigenvalue weighted by Crippen LogP contribution is -2.26. The van der Waals surface area contributed by atoms with Crippen molar-refractivity contribution in [1.29, 1.82) is 0 Å². The second-order valence-electron chi connectivity index (χ2n) is 4.94. The first-order chi connectivity index (χ1) is 10.9. The zero-order valence-corrected chi connectivity index (χ0v) is 13.8. The molecule has 0 heterocycles. The van der Waals surface area contributed by atoms with Gasteiger partial charge in [0.05, 0.1) is 16.1 Å². The third-order valence-corrected chi connectivity index (χ3v) is 3.94. The van der Waals surface area contributed by atoms with Gasteiger partial charge in [0.2, 0.25) is 0 Å². The van der Waals surface area contributed by atoms with Crippen molar-refractivity contribution in [3.05, 3.63) is 63.6 Å². The van der Waals surface area contributed by atoms with E-state index in [0.29, 0.717) is 21.3 Å². The van der Waals surface area contributed by atoms with Gasteiger partial charge in [-0.25, -0.2) is 4.79 Å². The van der Waals surface area contributed by atoms with E-state index in [1.165, 1.54) is 0 Å². The van der Waals surface area contributed by atoms with E-state index in [4.69, 9.17) is 28.9 Å². The minimum Gasteiger partial charge on any atom is -0.351 e. The highest BCUT2D eigenvalue weighted by molar-refractivity contribution is 6.42. The standard InChI is InChI=1S/C16H15Cl2N3O2/c1-9(11-4-7-13(17)14(18)8-11)20-15(22)10-2-5-12(6-3-10)21-16(19)23/h2-9H,1H3,(H,20,22)(H3,19,21,23)/t9-/m1/s1. The van der Waals surface area contributed by atoms with Gasteiger partial charge >= 0.3 is 6.03 Å². The van der Waals surface area contributed by atoms with Crippen LogP contribution in [0.2, 0.25) is 10.0 Å². The first-order valence-electron chi connectivity index (χ1n) is 6.79. The Morgan fingerprint density at radius 1 is 1.04 bits per heavy atom. The van der Waals surface area contributed by atoms with Crippen molar-refractivity contribution in [2.45, 2.75) is 13.0 Å². The van der Waals surface area contributed by atoms with Crippen LogP contribution in [0.1, 0.15) is 28.9 Å². The van der Waals surface area contributed by atoms with Crippen LogP contribution in [0, 0.1) is 0 Å². The van der Waals surface area contributed by atoms with Gasteiger partial charge in [0.25, 0.3) is 5.91 Å². The largest absolute Gasteiger partial charge is 0.351 e. The van der Waals surface area contributed by atoms with Crippen LogP contribution < -0.4 is 16.4 Å². The molecule has 0 fully saturated rings. The molecule has 5 nitrogen and oxygen atoms in total. The first-order valence-corrected chi connectivity index (χ1v) is 7.54. The van der Waals surface area contributed by atoms with Crippen LogP contribution in [0.3, 0.4) is 0 Å². The first kappa shape index (κ1) is 17.1. The lowest BCUT2D eigenvalue weighted by atomic mass is 10.1. The summed E-state index contributed by atoms with van der Waals surface area (Å²) < 4.78 is 0. The van der Waals surface area contributed by atoms with Crippen molar-refractivity contribution >= 4 is 40.8 Å². The Labute approximate surface area is 143 Å². The maximum atomic E-state index is 12.2. The molecule has 0 aliphatic rings. The highest BCUT2D eigenvalue weighted by Crippen LogP contribution is 2.25. The van der Waals surface area contributed by atoms with Crippen molar-refractivity contribution < 1.29 is 9.59 Å². The van der Waals surface area contributed by atoms with Crippen molar-refractivity contribution in [1.82, 2.24) is 5.32 Å². The molecule has 0 unspecified atom stereocenters. The number of carbonyl (C=O) groups is 2. The Morgan fingerprint density at radius 2 is 1.70 bits per heavy atom. The summed E-state index contributed by atoms with van der Waals surface area (Å²) in [6, 6.07) is 10.7. The van der Waals surface area contributed by atoms with Crippen molar-refractivity contribution in [2.75, 3.05) is 5.32 Å². The predicted octanol–water partition coefficient (Wildman–Crippen LogP) is 3.98. The van der Waals surface area contributed by atoms with Crippen LogP contribution in [-0.2, 0) is 0 Å². The van der Waals surface area contributed by atoms with Gasteiger partial charge in [-0.1, -0.05) is 29.3 Å². The van der Waals surface area contributed by atoms with E-state index in [2.05, 4.69) is 10.6 Å². The summed E-state index contributed by atoms with van der Waals surface area (Å²) in [5, 5.41) is 6.20. The van der Waals surface area contributed by atoms with E-state index < -0.39 is 6.03 Å². The Balaban J connectivity index is 2.05. The van der Waals surface area contributed by atoms with Crippen molar-refractivity contribution in [3.8, 4) is 0 Å². The fraction of sp³-hybridized carbons (Fsp3) is 0.125. The van der Waals surface area contributed by atoms with Crippen LogP contribution in [0.4, 0.5) is 10.5 Å². The molecule has 2 aromatic rings. The number of rotatable bonds is 4. The second kappa shape index (κ2) is 7.35. The quantitative estimate of drug-likeness (QED) is 0.778. The van der Waals surface area contributed by atoms with E-state index >= 15 is 0 Å². The number of primary amides is 1. The monoisotopic (exact) mass is 351 g/mol. The SMILES string of the molecule is C[C@@H](NC(=O)c1ccc(NC(N)=O)cc1)c1ccc(Cl)c(Cl)c1. The molecule has 7 heteroatoms. The van der Waals surface area contributed by atoms with E-state index in [1.807, 2.05) is 6.92 Å². The summed E-state index contributed by atoms with van der Waals surface area (Å²) in [7, 11) is 0. The molecule has 2 rings (SSSR count). The van der Waals surface area contributed by atoms with Crippen LogP contribution in [-0.4, -0.2) is 11.9 Å². The molecular weight excluding hydrogens is 337 g/mol. The summed E-state index contributed by atoms with van der Waals surface area (Å²) in [4.78, 5) is 23.0. The van der Waals surface area contributed by atoms with Crippen molar-refractivity contribution in [2.24, 2.45) is 5.73 Å². The molecule has 0 aliphatic carbocycles. The summed E-state index contributed by atoms with van der Waals surface area (Å²) >= 11 is 11.9. The fourth-order valence-electron chi connectivity index (χ4n) is 1.99. The highest BCUT2D eigenvalue weighted by Gasteiger charge is 2.12. The molecule has 4 N–H and O–H groups in total. The van der Waals surface area contributed by atoms with E-state index in [1.54, 1.807) is 42.5 Å². The molecule has 23 heavy (non-hydrogen) atoms. The number of hydrogen-bond acceptors (Lipinski definition) is 2. The summed E-state index contributed by atoms with van der Waals surface area (Å²) in [5.74, 6) is -0.241. The number of urea groups is 1. The van der Waals surface area contributed by atoms with Gasteiger partial charge < -0.3 is 16.4 Å². The van der Waals surface area contributed by atoms with Gasteiger partial charge in [0.1, 0.15) is 0 Å². The van der Waals surface area contributed by atoms with Gasteiger partial charge in [-0.05, 0) is 48.9 Å². The number of benzene rings is 2. The molecule has 2 aromatic carbocycles. The third-order valence-electron chi connectivity index (χ3n) is 3.21. The zero-order chi connectivity index (χ0) is 17.0. The average molecular weight is 352 g/mol. The molecule has 0 saturated carbocycles. The molecule has 1 atom stereocenters. The molecule has 120 valence electrons. The lowest BCUT2D eigenvalue weighted by molar-refractivity contribution is 0.0940. The van der Waals surface area contributed by atoms with Gasteiger partial charge in [-0.15, -0.1) is 0 Å². The average Bonchev–Trinajstić information content (AvgIpc) is 2.50. The summed E-state index contributed by atoms with van der Waals surface area (Å²) in [6.45, 7) is 1.85. The molecule has 0 aromatic heterocycles. The molecule has 0 radical (unpaired) electrons. The van der Waals surface area contributed by atoms with E-state index in [9.17, 15) is 9.59 Å². The van der Waals surface area contributed by atoms with E-state index in [0.717, 1.165) is 5.56 Å². The fourth-order valence-corrected chi connectivity index (χ4v) is 2.30. The molecule has 0 saturated heterocycles. The topological polar surface area (TPSA) is 84.2 Å². The number of carbonyl (C=O) groups excluding carboxylic acids is 2. The molecular formula is C16H15Cl2N3O2. The van der Waals surface area contributed by atoms with Gasteiger partial charge in [0, 0.05) is 11.3 Å². The minimum atomic E-state index is -0.657. The van der Waals surface area contributed by atoms with Crippen LogP contribution in [0.25, 0.3) is 0 Å². The predicted molar refractivity (Wildman–Crippen MR) is 92.0 cm³/mol. The number of nitrogens with one attached hydrogen (secondary N) is 2. The van der Waals surface area contributed by atoms with Crippen LogP contribution >= 0.6 is 23.2 Å². The van der Waals surface area contributed by atoms with E-state index in [-0.39, 0.29) is 11.9 Å².